The lowest BCUT2D eigenvalue weighted by atomic mass is 10.2. The molecule has 1 atom stereocenters. The summed E-state index contributed by atoms with van der Waals surface area (Å²) in [4.78, 5) is 14.4. The zero-order chi connectivity index (χ0) is 17.2. The highest BCUT2D eigenvalue weighted by atomic mass is 32.2. The number of rotatable bonds is 3. The van der Waals surface area contributed by atoms with Crippen molar-refractivity contribution in [3.8, 4) is 0 Å². The van der Waals surface area contributed by atoms with Gasteiger partial charge in [0.25, 0.3) is 0 Å². The fraction of sp³-hybridized carbons (Fsp3) is 0.588. The summed E-state index contributed by atoms with van der Waals surface area (Å²) < 4.78 is 30.7. The van der Waals surface area contributed by atoms with E-state index in [9.17, 15) is 13.2 Å². The van der Waals surface area contributed by atoms with Gasteiger partial charge in [0.05, 0.1) is 29.4 Å². The molecule has 0 aromatic heterocycles. The van der Waals surface area contributed by atoms with Crippen molar-refractivity contribution in [1.29, 1.82) is 0 Å². The number of ether oxygens (including phenoxy) is 1. The van der Waals surface area contributed by atoms with Gasteiger partial charge in [-0.25, -0.2) is 13.2 Å². The molecule has 1 aromatic rings. The summed E-state index contributed by atoms with van der Waals surface area (Å²) in [5, 5.41) is 2.52. The van der Waals surface area contributed by atoms with Gasteiger partial charge in [-0.3, -0.25) is 0 Å². The summed E-state index contributed by atoms with van der Waals surface area (Å²) >= 11 is 0. The van der Waals surface area contributed by atoms with Crippen molar-refractivity contribution in [1.82, 2.24) is 4.90 Å². The third-order valence-electron chi connectivity index (χ3n) is 4.78. The van der Waals surface area contributed by atoms with Crippen LogP contribution in [0.4, 0.5) is 10.5 Å². The molecule has 0 spiro atoms. The number of nitrogens with zero attached hydrogens (tertiary/aromatic N) is 1. The van der Waals surface area contributed by atoms with E-state index in [0.717, 1.165) is 25.7 Å². The van der Waals surface area contributed by atoms with Crippen molar-refractivity contribution in [3.63, 3.8) is 0 Å². The number of amides is 2. The second-order valence-electron chi connectivity index (χ2n) is 6.53. The molecule has 6 nitrogen and oxygen atoms in total. The van der Waals surface area contributed by atoms with Crippen LogP contribution < -0.4 is 5.32 Å². The third kappa shape index (κ3) is 3.57. The molecular formula is C17H24N2O4S. The first-order valence-corrected chi connectivity index (χ1v) is 10.0. The van der Waals surface area contributed by atoms with Gasteiger partial charge < -0.3 is 15.0 Å². The first kappa shape index (κ1) is 17.2. The van der Waals surface area contributed by atoms with Crippen molar-refractivity contribution >= 4 is 21.6 Å². The highest BCUT2D eigenvalue weighted by molar-refractivity contribution is 7.92. The standard InChI is InChI=1S/C17H24N2O4S/c1-13-12-23-10-9-19(13)17(20)18-14-5-4-8-16(11-14)24(21,22)15-6-2-3-7-15/h4-5,8,11,13,15H,2-3,6-7,9-10,12H2,1H3,(H,18,20)/t13-/m1/s1. The van der Waals surface area contributed by atoms with E-state index in [0.29, 0.717) is 30.3 Å². The van der Waals surface area contributed by atoms with Crippen molar-refractivity contribution in [3.05, 3.63) is 24.3 Å². The fourth-order valence-corrected chi connectivity index (χ4v) is 5.26. The largest absolute Gasteiger partial charge is 0.377 e. The summed E-state index contributed by atoms with van der Waals surface area (Å²) in [5.41, 5.74) is 0.512. The SMILES string of the molecule is C[C@@H]1COCCN1C(=O)Nc1cccc(S(=O)(=O)C2CCCC2)c1. The average molecular weight is 352 g/mol. The number of urea groups is 1. The molecule has 2 fully saturated rings. The van der Waals surface area contributed by atoms with E-state index in [2.05, 4.69) is 5.32 Å². The van der Waals surface area contributed by atoms with Crippen molar-refractivity contribution in [2.45, 2.75) is 48.8 Å². The Morgan fingerprint density at radius 3 is 2.75 bits per heavy atom. The number of nitrogens with one attached hydrogen (secondary N) is 1. The minimum Gasteiger partial charge on any atom is -0.377 e. The average Bonchev–Trinajstić information content (AvgIpc) is 3.11. The number of benzene rings is 1. The fourth-order valence-electron chi connectivity index (χ4n) is 3.37. The minimum atomic E-state index is -3.32. The van der Waals surface area contributed by atoms with Crippen LogP contribution in [0, 0.1) is 0 Å². The van der Waals surface area contributed by atoms with Crippen LogP contribution in [0.15, 0.2) is 29.2 Å². The van der Waals surface area contributed by atoms with Crippen molar-refractivity contribution in [2.75, 3.05) is 25.1 Å². The van der Waals surface area contributed by atoms with Gasteiger partial charge in [-0.15, -0.1) is 0 Å². The van der Waals surface area contributed by atoms with E-state index in [1.165, 1.54) is 0 Å². The molecule has 0 radical (unpaired) electrons. The van der Waals surface area contributed by atoms with Crippen LogP contribution in [-0.2, 0) is 14.6 Å². The minimum absolute atomic E-state index is 0.00385. The molecule has 1 heterocycles. The van der Waals surface area contributed by atoms with Crippen LogP contribution >= 0.6 is 0 Å². The first-order valence-electron chi connectivity index (χ1n) is 8.48. The number of hydrogen-bond acceptors (Lipinski definition) is 4. The molecule has 1 aliphatic carbocycles. The highest BCUT2D eigenvalue weighted by Gasteiger charge is 2.30. The van der Waals surface area contributed by atoms with E-state index in [1.807, 2.05) is 6.92 Å². The summed E-state index contributed by atoms with van der Waals surface area (Å²) in [6, 6.07) is 6.36. The number of hydrogen-bond donors (Lipinski definition) is 1. The van der Waals surface area contributed by atoms with Crippen LogP contribution in [0.2, 0.25) is 0 Å². The van der Waals surface area contributed by atoms with Gasteiger partial charge >= 0.3 is 6.03 Å². The number of anilines is 1. The smallest absolute Gasteiger partial charge is 0.322 e. The summed E-state index contributed by atoms with van der Waals surface area (Å²) in [7, 11) is -3.32. The molecule has 2 amide bonds. The van der Waals surface area contributed by atoms with E-state index in [4.69, 9.17) is 4.74 Å². The van der Waals surface area contributed by atoms with E-state index in [1.54, 1.807) is 29.2 Å². The topological polar surface area (TPSA) is 75.7 Å². The Labute approximate surface area is 143 Å². The van der Waals surface area contributed by atoms with Crippen LogP contribution in [0.5, 0.6) is 0 Å². The molecule has 3 rings (SSSR count). The third-order valence-corrected chi connectivity index (χ3v) is 7.04. The maximum Gasteiger partial charge on any atom is 0.322 e. The molecule has 2 aliphatic rings. The summed E-state index contributed by atoms with van der Waals surface area (Å²) in [6.07, 6.45) is 3.39. The number of carbonyl (C=O) groups is 1. The second kappa shape index (κ2) is 7.11. The Hall–Kier alpha value is -1.60. The Morgan fingerprint density at radius 1 is 1.29 bits per heavy atom. The Balaban J connectivity index is 1.74. The monoisotopic (exact) mass is 352 g/mol. The quantitative estimate of drug-likeness (QED) is 0.907. The zero-order valence-corrected chi connectivity index (χ0v) is 14.7. The van der Waals surface area contributed by atoms with Crippen LogP contribution in [0.25, 0.3) is 0 Å². The molecule has 24 heavy (non-hydrogen) atoms. The van der Waals surface area contributed by atoms with Gasteiger partial charge in [-0.1, -0.05) is 18.9 Å². The van der Waals surface area contributed by atoms with E-state index < -0.39 is 9.84 Å². The second-order valence-corrected chi connectivity index (χ2v) is 8.75. The van der Waals surface area contributed by atoms with Gasteiger partial charge in [0.2, 0.25) is 0 Å². The molecule has 0 bridgehead atoms. The molecule has 1 aliphatic heterocycles. The Kier molecular flexibility index (Phi) is 5.10. The van der Waals surface area contributed by atoms with E-state index >= 15 is 0 Å². The lowest BCUT2D eigenvalue weighted by Gasteiger charge is -2.33. The molecule has 1 aromatic carbocycles. The normalized spacial score (nSPS) is 22.5. The number of sulfone groups is 1. The van der Waals surface area contributed by atoms with Gasteiger partial charge in [0.1, 0.15) is 0 Å². The molecule has 132 valence electrons. The van der Waals surface area contributed by atoms with Crippen molar-refractivity contribution < 1.29 is 17.9 Å². The first-order chi connectivity index (χ1) is 11.5. The summed E-state index contributed by atoms with van der Waals surface area (Å²) in [5.74, 6) is 0. The molecular weight excluding hydrogens is 328 g/mol. The summed E-state index contributed by atoms with van der Waals surface area (Å²) in [6.45, 7) is 3.50. The predicted molar refractivity (Wildman–Crippen MR) is 91.9 cm³/mol. The molecule has 1 saturated carbocycles. The maximum absolute atomic E-state index is 12.7. The molecule has 1 N–H and O–H groups in total. The number of carbonyl (C=O) groups excluding carboxylic acids is 1. The number of morpholine rings is 1. The van der Waals surface area contributed by atoms with Crippen LogP contribution in [0.1, 0.15) is 32.6 Å². The van der Waals surface area contributed by atoms with Crippen LogP contribution in [-0.4, -0.2) is 50.4 Å². The Bertz CT molecular complexity index is 698. The lowest BCUT2D eigenvalue weighted by Crippen LogP contribution is -2.48. The van der Waals surface area contributed by atoms with Crippen molar-refractivity contribution in [2.24, 2.45) is 0 Å². The lowest BCUT2D eigenvalue weighted by molar-refractivity contribution is 0.0222. The predicted octanol–water partition coefficient (Wildman–Crippen LogP) is 2.66. The highest BCUT2D eigenvalue weighted by Crippen LogP contribution is 2.30. The van der Waals surface area contributed by atoms with Gasteiger partial charge in [-0.2, -0.15) is 0 Å². The zero-order valence-electron chi connectivity index (χ0n) is 13.9. The molecule has 1 saturated heterocycles. The van der Waals surface area contributed by atoms with Gasteiger partial charge in [-0.05, 0) is 38.0 Å². The van der Waals surface area contributed by atoms with Crippen LogP contribution in [0.3, 0.4) is 0 Å². The van der Waals surface area contributed by atoms with Gasteiger partial charge in [0.15, 0.2) is 9.84 Å². The Morgan fingerprint density at radius 2 is 2.04 bits per heavy atom. The van der Waals surface area contributed by atoms with E-state index in [-0.39, 0.29) is 17.3 Å². The van der Waals surface area contributed by atoms with Gasteiger partial charge in [0, 0.05) is 12.2 Å². The maximum atomic E-state index is 12.7. The molecule has 7 heteroatoms. The molecule has 0 unspecified atom stereocenters.